The number of fused-ring (bicyclic) bond motifs is 1. The van der Waals surface area contributed by atoms with E-state index in [0.717, 1.165) is 12.2 Å². The predicted octanol–water partition coefficient (Wildman–Crippen LogP) is 7.66. The van der Waals surface area contributed by atoms with Crippen molar-refractivity contribution in [3.05, 3.63) is 131 Å². The molecule has 40 heavy (non-hydrogen) atoms. The maximum atomic E-state index is 15.9. The Kier molecular flexibility index (Phi) is 7.41. The van der Waals surface area contributed by atoms with Crippen molar-refractivity contribution in [2.24, 2.45) is 17.3 Å². The van der Waals surface area contributed by atoms with E-state index in [1.165, 1.54) is 12.1 Å². The number of carbonyl (C=O) groups excluding carboxylic acids is 2. The van der Waals surface area contributed by atoms with Crippen LogP contribution in [-0.2, 0) is 9.47 Å². The third kappa shape index (κ3) is 4.63. The van der Waals surface area contributed by atoms with Crippen molar-refractivity contribution in [2.45, 2.75) is 38.9 Å². The molecule has 0 N–H and O–H groups in total. The van der Waals surface area contributed by atoms with Crippen LogP contribution in [0.3, 0.4) is 0 Å². The molecule has 1 saturated carbocycles. The first-order valence-corrected chi connectivity index (χ1v) is 13.1. The zero-order chi connectivity index (χ0) is 28.6. The molecule has 6 unspecified atom stereocenters. The van der Waals surface area contributed by atoms with Crippen LogP contribution >= 0.6 is 0 Å². The summed E-state index contributed by atoms with van der Waals surface area (Å²) >= 11 is 0. The number of allylic oxidation sites excluding steroid dienone is 4. The molecule has 6 atom stereocenters. The first-order chi connectivity index (χ1) is 19.1. The standard InChI is InChI=1S/C33H29F3O4/c1-19-11-10-16-23(34)26(19)27-28-24(35)17-18-25(36)33(28,3)20(2)29(39-31(37)21-12-6-4-7-13-21)30(27)40-32(38)22-14-8-5-9-15-22/h4-18,20,27-30H,1-3H3. The summed E-state index contributed by atoms with van der Waals surface area (Å²) in [5, 5.41) is 0. The average Bonchev–Trinajstić information content (AvgIpc) is 2.95. The summed E-state index contributed by atoms with van der Waals surface area (Å²) in [6.07, 6.45) is -0.492. The minimum Gasteiger partial charge on any atom is -0.454 e. The number of carbonyl (C=O) groups is 2. The maximum Gasteiger partial charge on any atom is 0.338 e. The van der Waals surface area contributed by atoms with Gasteiger partial charge in [-0.15, -0.1) is 0 Å². The maximum absolute atomic E-state index is 15.9. The summed E-state index contributed by atoms with van der Waals surface area (Å²) in [7, 11) is 0. The van der Waals surface area contributed by atoms with Crippen LogP contribution in [0.25, 0.3) is 0 Å². The van der Waals surface area contributed by atoms with Gasteiger partial charge in [-0.3, -0.25) is 0 Å². The summed E-state index contributed by atoms with van der Waals surface area (Å²) in [6.45, 7) is 4.84. The molecule has 2 aliphatic rings. The second kappa shape index (κ2) is 10.8. The fourth-order valence-electron chi connectivity index (χ4n) is 6.18. The molecule has 0 aliphatic heterocycles. The highest BCUT2D eigenvalue weighted by Gasteiger charge is 2.63. The van der Waals surface area contributed by atoms with Crippen LogP contribution in [-0.4, -0.2) is 24.1 Å². The number of hydrogen-bond donors (Lipinski definition) is 0. The molecule has 7 heteroatoms. The Morgan fingerprint density at radius 1 is 0.750 bits per heavy atom. The van der Waals surface area contributed by atoms with Gasteiger partial charge >= 0.3 is 11.9 Å². The first kappa shape index (κ1) is 27.4. The highest BCUT2D eigenvalue weighted by molar-refractivity contribution is 5.90. The molecular weight excluding hydrogens is 517 g/mol. The molecule has 0 saturated heterocycles. The lowest BCUT2D eigenvalue weighted by molar-refractivity contribution is -0.134. The quantitative estimate of drug-likeness (QED) is 0.308. The van der Waals surface area contributed by atoms with Gasteiger partial charge in [0.25, 0.3) is 0 Å². The van der Waals surface area contributed by atoms with Crippen molar-refractivity contribution in [3.8, 4) is 0 Å². The van der Waals surface area contributed by atoms with Gasteiger partial charge in [-0.25, -0.2) is 22.8 Å². The van der Waals surface area contributed by atoms with Gasteiger partial charge in [-0.2, -0.15) is 0 Å². The van der Waals surface area contributed by atoms with E-state index in [9.17, 15) is 9.59 Å². The van der Waals surface area contributed by atoms with Gasteiger partial charge in [-0.05, 0) is 60.5 Å². The molecule has 2 aliphatic carbocycles. The summed E-state index contributed by atoms with van der Waals surface area (Å²) in [4.78, 5) is 26.7. The summed E-state index contributed by atoms with van der Waals surface area (Å²) in [5.74, 6) is -6.73. The number of halogens is 3. The molecule has 3 aromatic carbocycles. The SMILES string of the molecule is Cc1cccc(F)c1C1C(OC(=O)c2ccccc2)C(OC(=O)c2ccccc2)C(C)C2(C)C(F)=CC=C(F)C12. The molecule has 0 amide bonds. The number of esters is 2. The topological polar surface area (TPSA) is 52.6 Å². The normalized spacial score (nSPS) is 27.6. The van der Waals surface area contributed by atoms with Crippen molar-refractivity contribution in [1.29, 1.82) is 0 Å². The Labute approximate surface area is 231 Å². The van der Waals surface area contributed by atoms with E-state index in [1.807, 2.05) is 0 Å². The minimum atomic E-state index is -1.53. The van der Waals surface area contributed by atoms with E-state index in [0.29, 0.717) is 5.56 Å². The molecule has 0 bridgehead atoms. The zero-order valence-electron chi connectivity index (χ0n) is 22.3. The first-order valence-electron chi connectivity index (χ1n) is 13.1. The molecule has 1 fully saturated rings. The van der Waals surface area contributed by atoms with Gasteiger partial charge in [0.2, 0.25) is 0 Å². The second-order valence-electron chi connectivity index (χ2n) is 10.6. The van der Waals surface area contributed by atoms with Gasteiger partial charge in [0, 0.05) is 23.2 Å². The minimum absolute atomic E-state index is 0.0792. The van der Waals surface area contributed by atoms with Crippen LogP contribution in [0.2, 0.25) is 0 Å². The molecule has 0 aromatic heterocycles. The molecular formula is C33H29F3O4. The number of rotatable bonds is 5. The molecule has 0 spiro atoms. The van der Waals surface area contributed by atoms with E-state index in [4.69, 9.17) is 9.47 Å². The van der Waals surface area contributed by atoms with E-state index < -0.39 is 64.8 Å². The summed E-state index contributed by atoms with van der Waals surface area (Å²) in [5.41, 5.74) is -0.532. The molecule has 0 radical (unpaired) electrons. The Balaban J connectivity index is 1.70. The lowest BCUT2D eigenvalue weighted by Gasteiger charge is -2.55. The van der Waals surface area contributed by atoms with Gasteiger partial charge in [0.1, 0.15) is 29.7 Å². The van der Waals surface area contributed by atoms with Gasteiger partial charge in [0.05, 0.1) is 11.1 Å². The van der Waals surface area contributed by atoms with Crippen molar-refractivity contribution < 1.29 is 32.2 Å². The Hall–Kier alpha value is -4.13. The molecule has 206 valence electrons. The van der Waals surface area contributed by atoms with Gasteiger partial charge in [0.15, 0.2) is 0 Å². The van der Waals surface area contributed by atoms with E-state index in [-0.39, 0.29) is 16.7 Å². The molecule has 3 aromatic rings. The predicted molar refractivity (Wildman–Crippen MR) is 144 cm³/mol. The monoisotopic (exact) mass is 546 g/mol. The summed E-state index contributed by atoms with van der Waals surface area (Å²) < 4.78 is 59.3. The number of aryl methyl sites for hydroxylation is 1. The third-order valence-corrected chi connectivity index (χ3v) is 8.43. The largest absolute Gasteiger partial charge is 0.454 e. The van der Waals surface area contributed by atoms with Gasteiger partial charge < -0.3 is 9.47 Å². The Bertz CT molecular complexity index is 1460. The Morgan fingerprint density at radius 2 is 1.30 bits per heavy atom. The van der Waals surface area contributed by atoms with E-state index in [2.05, 4.69) is 0 Å². The van der Waals surface area contributed by atoms with E-state index >= 15 is 13.2 Å². The van der Waals surface area contributed by atoms with Crippen LogP contribution in [0.4, 0.5) is 13.2 Å². The lowest BCUT2D eigenvalue weighted by atomic mass is 9.52. The van der Waals surface area contributed by atoms with Crippen LogP contribution < -0.4 is 0 Å². The fraction of sp³-hybridized carbons (Fsp3) is 0.273. The van der Waals surface area contributed by atoms with Crippen LogP contribution in [0.5, 0.6) is 0 Å². The zero-order valence-corrected chi connectivity index (χ0v) is 22.3. The smallest absolute Gasteiger partial charge is 0.338 e. The van der Waals surface area contributed by atoms with Crippen molar-refractivity contribution in [2.75, 3.05) is 0 Å². The van der Waals surface area contributed by atoms with E-state index in [1.54, 1.807) is 87.5 Å². The highest BCUT2D eigenvalue weighted by Crippen LogP contribution is 2.61. The highest BCUT2D eigenvalue weighted by atomic mass is 19.1. The number of benzene rings is 3. The molecule has 4 nitrogen and oxygen atoms in total. The van der Waals surface area contributed by atoms with Crippen LogP contribution in [0.15, 0.2) is 103 Å². The van der Waals surface area contributed by atoms with Crippen molar-refractivity contribution in [3.63, 3.8) is 0 Å². The van der Waals surface area contributed by atoms with Crippen molar-refractivity contribution in [1.82, 2.24) is 0 Å². The van der Waals surface area contributed by atoms with Crippen molar-refractivity contribution >= 4 is 11.9 Å². The second-order valence-corrected chi connectivity index (χ2v) is 10.6. The summed E-state index contributed by atoms with van der Waals surface area (Å²) in [6, 6.07) is 20.8. The molecule has 5 rings (SSSR count). The Morgan fingerprint density at radius 3 is 1.85 bits per heavy atom. The van der Waals surface area contributed by atoms with Crippen LogP contribution in [0, 0.1) is 30.0 Å². The number of hydrogen-bond acceptors (Lipinski definition) is 4. The van der Waals surface area contributed by atoms with Crippen LogP contribution in [0.1, 0.15) is 51.6 Å². The fourth-order valence-corrected chi connectivity index (χ4v) is 6.18. The van der Waals surface area contributed by atoms with Gasteiger partial charge in [-0.1, -0.05) is 62.4 Å². The lowest BCUT2D eigenvalue weighted by Crippen LogP contribution is -2.59. The third-order valence-electron chi connectivity index (χ3n) is 8.43. The molecule has 0 heterocycles. The average molecular weight is 547 g/mol. The number of ether oxygens (including phenoxy) is 2.